The van der Waals surface area contributed by atoms with Gasteiger partial charge >= 0.3 is 19.8 Å². The van der Waals surface area contributed by atoms with Crippen LogP contribution in [0.15, 0.2) is 146 Å². The van der Waals surface area contributed by atoms with Crippen molar-refractivity contribution < 1.29 is 42.1 Å². The van der Waals surface area contributed by atoms with E-state index in [1.807, 2.05) is 21.1 Å². The second-order valence-corrected chi connectivity index (χ2v) is 29.9. The predicted molar refractivity (Wildman–Crippen MR) is 431 cm³/mol. The van der Waals surface area contributed by atoms with Crippen LogP contribution in [0.4, 0.5) is 0 Å². The molecule has 0 fully saturated rings. The minimum atomic E-state index is -4.41. The van der Waals surface area contributed by atoms with E-state index in [0.29, 0.717) is 17.4 Å². The van der Waals surface area contributed by atoms with Crippen molar-refractivity contribution in [3.63, 3.8) is 0 Å². The maximum Gasteiger partial charge on any atom is 0.472 e. The first-order valence-electron chi connectivity index (χ1n) is 41.1. The van der Waals surface area contributed by atoms with Crippen LogP contribution in [0, 0.1) is 0 Å². The number of phosphoric ester groups is 1. The fraction of sp³-hybridized carbons (Fsp3) is 0.708. The van der Waals surface area contributed by atoms with Gasteiger partial charge in [-0.2, -0.15) is 0 Å². The van der Waals surface area contributed by atoms with Crippen molar-refractivity contribution in [1.82, 2.24) is 0 Å². The van der Waals surface area contributed by atoms with E-state index in [2.05, 4.69) is 160 Å². The highest BCUT2D eigenvalue weighted by molar-refractivity contribution is 7.47. The number of carbonyl (C=O) groups is 2. The molecule has 2 unspecified atom stereocenters. The number of likely N-dealkylation sites (N-methyl/N-ethyl adjacent to an activating group) is 1. The van der Waals surface area contributed by atoms with Crippen LogP contribution >= 0.6 is 7.82 Å². The van der Waals surface area contributed by atoms with Crippen molar-refractivity contribution in [2.45, 2.75) is 360 Å². The Bertz CT molecular complexity index is 2190. The molecule has 0 bridgehead atoms. The molecule has 568 valence electrons. The maximum absolute atomic E-state index is 12.9. The Morgan fingerprint density at radius 2 is 0.576 bits per heavy atom. The SMILES string of the molecule is CC/C=C\C/C=C\C/C=C\C/C=C\C/C=C\C/C=C\C/C=C\C/C=C\C/C=C\C/C=C\C/C=C\C/C=C\CCCCCCC(=O)OC(COC(=O)CCCCCCCCCCCCCCCCCCCCCCCCCCCCCCCCCCCC)COP(=O)(O)OCC[N+](C)(C)C. The van der Waals surface area contributed by atoms with Crippen LogP contribution < -0.4 is 0 Å². The first-order chi connectivity index (χ1) is 48.5. The zero-order valence-electron chi connectivity index (χ0n) is 64.9. The molecule has 10 heteroatoms. The van der Waals surface area contributed by atoms with Gasteiger partial charge in [0.25, 0.3) is 0 Å². The molecule has 2 atom stereocenters. The molecule has 0 aromatic heterocycles. The van der Waals surface area contributed by atoms with Crippen LogP contribution in [0.3, 0.4) is 0 Å². The molecule has 0 aliphatic heterocycles. The highest BCUT2D eigenvalue weighted by Crippen LogP contribution is 2.43. The third-order valence-electron chi connectivity index (χ3n) is 17.6. The van der Waals surface area contributed by atoms with Crippen molar-refractivity contribution in [2.75, 3.05) is 47.5 Å². The summed E-state index contributed by atoms with van der Waals surface area (Å²) in [4.78, 5) is 36.0. The number of allylic oxidation sites excluding steroid dienone is 24. The quantitative estimate of drug-likeness (QED) is 0.0211. The molecule has 0 aromatic carbocycles. The summed E-state index contributed by atoms with van der Waals surface area (Å²) in [6.45, 7) is 4.32. The molecular weight excluding hydrogens is 1240 g/mol. The van der Waals surface area contributed by atoms with Crippen molar-refractivity contribution in [3.05, 3.63) is 146 Å². The molecule has 0 amide bonds. The zero-order valence-corrected chi connectivity index (χ0v) is 65.8. The van der Waals surface area contributed by atoms with E-state index in [1.165, 1.54) is 199 Å². The third-order valence-corrected chi connectivity index (χ3v) is 18.6. The van der Waals surface area contributed by atoms with E-state index in [0.717, 1.165) is 122 Å². The van der Waals surface area contributed by atoms with E-state index in [-0.39, 0.29) is 32.0 Å². The Labute approximate surface area is 612 Å². The highest BCUT2D eigenvalue weighted by Gasteiger charge is 2.27. The van der Waals surface area contributed by atoms with Crippen molar-refractivity contribution in [2.24, 2.45) is 0 Å². The van der Waals surface area contributed by atoms with Crippen molar-refractivity contribution in [1.29, 1.82) is 0 Å². The number of esters is 2. The van der Waals surface area contributed by atoms with Gasteiger partial charge in [-0.25, -0.2) is 4.57 Å². The minimum Gasteiger partial charge on any atom is -0.462 e. The molecule has 0 radical (unpaired) electrons. The van der Waals surface area contributed by atoms with Gasteiger partial charge in [0, 0.05) is 12.8 Å². The third kappa shape index (κ3) is 82.7. The lowest BCUT2D eigenvalue weighted by Gasteiger charge is -2.24. The van der Waals surface area contributed by atoms with E-state index in [9.17, 15) is 19.0 Å². The van der Waals surface area contributed by atoms with Gasteiger partial charge < -0.3 is 18.9 Å². The standard InChI is InChI=1S/C89H154NO8P/c1-6-8-10-12-14-16-18-20-22-24-26-28-30-32-34-36-38-40-42-43-44-45-46-47-48-50-52-54-56-58-60-62-64-66-68-70-72-74-76-78-80-82-89(92)98-87(86-97-99(93,94)96-84-83-90(3,4)5)85-95-88(91)81-79-77-75-73-71-69-67-65-63-61-59-57-55-53-51-49-41-39-37-35-33-31-29-27-25-23-21-19-17-15-13-11-9-7-2/h8,10,14,16,20,22,26,28,32,34,38,40,43-44,46-47,50,52,56,58,62,64,68,70,87H,6-7,9,11-13,15,17-19,21,23-25,27,29-31,33,35-37,39,41-42,45,48-49,51,53-55,57,59-61,63,65-67,69,71-86H2,1-5H3/p+1/b10-8-,16-14-,22-20-,28-26-,34-32-,40-38-,44-43-,47-46-,52-50-,58-56-,64-62-,70-68-. The normalized spacial score (nSPS) is 13.8. The lowest BCUT2D eigenvalue weighted by molar-refractivity contribution is -0.870. The van der Waals surface area contributed by atoms with Crippen LogP contribution in [0.5, 0.6) is 0 Å². The largest absolute Gasteiger partial charge is 0.472 e. The lowest BCUT2D eigenvalue weighted by atomic mass is 10.0. The first kappa shape index (κ1) is 94.9. The Kier molecular flexibility index (Phi) is 74.8. The van der Waals surface area contributed by atoms with Gasteiger partial charge in [0.2, 0.25) is 0 Å². The zero-order chi connectivity index (χ0) is 71.8. The lowest BCUT2D eigenvalue weighted by Crippen LogP contribution is -2.37. The molecule has 0 aromatic rings. The molecule has 9 nitrogen and oxygen atoms in total. The number of unbranched alkanes of at least 4 members (excludes halogenated alkanes) is 37. The highest BCUT2D eigenvalue weighted by atomic mass is 31.2. The van der Waals surface area contributed by atoms with Crippen LogP contribution in [0.2, 0.25) is 0 Å². The van der Waals surface area contributed by atoms with Gasteiger partial charge in [0.15, 0.2) is 6.10 Å². The Balaban J connectivity index is 4.06. The summed E-state index contributed by atoms with van der Waals surface area (Å²) < 4.78 is 34.8. The number of ether oxygens (including phenoxy) is 2. The Morgan fingerprint density at radius 1 is 0.323 bits per heavy atom. The summed E-state index contributed by atoms with van der Waals surface area (Å²) in [6.07, 6.45) is 116. The Morgan fingerprint density at radius 3 is 0.859 bits per heavy atom. The minimum absolute atomic E-state index is 0.0209. The monoisotopic (exact) mass is 1400 g/mol. The molecule has 1 N–H and O–H groups in total. The van der Waals surface area contributed by atoms with E-state index < -0.39 is 26.5 Å². The molecule has 0 heterocycles. The number of hydrogen-bond acceptors (Lipinski definition) is 7. The number of nitrogens with zero attached hydrogens (tertiary/aromatic N) is 1. The molecule has 0 saturated carbocycles. The summed E-state index contributed by atoms with van der Waals surface area (Å²) >= 11 is 0. The summed E-state index contributed by atoms with van der Waals surface area (Å²) in [5.41, 5.74) is 0. The van der Waals surface area contributed by atoms with E-state index in [4.69, 9.17) is 18.5 Å². The number of rotatable bonds is 75. The number of quaternary nitrogens is 1. The molecule has 0 aliphatic rings. The summed E-state index contributed by atoms with van der Waals surface area (Å²) in [7, 11) is 1.45. The number of phosphoric acid groups is 1. The van der Waals surface area contributed by atoms with Crippen LogP contribution in [-0.2, 0) is 32.7 Å². The van der Waals surface area contributed by atoms with Crippen LogP contribution in [-0.4, -0.2) is 74.9 Å². The fourth-order valence-electron chi connectivity index (χ4n) is 11.4. The van der Waals surface area contributed by atoms with Gasteiger partial charge in [-0.15, -0.1) is 0 Å². The molecule has 99 heavy (non-hydrogen) atoms. The number of carbonyl (C=O) groups excluding carboxylic acids is 2. The number of hydrogen-bond donors (Lipinski definition) is 1. The van der Waals surface area contributed by atoms with Gasteiger partial charge in [0.1, 0.15) is 19.8 Å². The van der Waals surface area contributed by atoms with Gasteiger partial charge in [-0.3, -0.25) is 18.6 Å². The van der Waals surface area contributed by atoms with Crippen LogP contribution in [0.1, 0.15) is 354 Å². The molecule has 0 spiro atoms. The van der Waals surface area contributed by atoms with Crippen molar-refractivity contribution >= 4 is 19.8 Å². The molecular formula is C89H155NO8P+. The van der Waals surface area contributed by atoms with Gasteiger partial charge in [-0.05, 0) is 103 Å². The predicted octanol–water partition coefficient (Wildman–Crippen LogP) is 27.7. The maximum atomic E-state index is 12.9. The first-order valence-corrected chi connectivity index (χ1v) is 42.6. The van der Waals surface area contributed by atoms with Gasteiger partial charge in [-0.1, -0.05) is 384 Å². The van der Waals surface area contributed by atoms with Crippen molar-refractivity contribution in [3.8, 4) is 0 Å². The van der Waals surface area contributed by atoms with E-state index >= 15 is 0 Å². The fourth-order valence-corrected chi connectivity index (χ4v) is 12.2. The second-order valence-electron chi connectivity index (χ2n) is 28.4. The summed E-state index contributed by atoms with van der Waals surface area (Å²) in [5, 5.41) is 0. The second kappa shape index (κ2) is 78.0. The smallest absolute Gasteiger partial charge is 0.462 e. The van der Waals surface area contributed by atoms with Crippen LogP contribution in [0.25, 0.3) is 0 Å². The average Bonchev–Trinajstić information content (AvgIpc) is 0.987. The molecule has 0 aliphatic carbocycles. The summed E-state index contributed by atoms with van der Waals surface area (Å²) in [5.74, 6) is -0.822. The summed E-state index contributed by atoms with van der Waals surface area (Å²) in [6, 6.07) is 0. The molecule has 0 rings (SSSR count). The topological polar surface area (TPSA) is 108 Å². The van der Waals surface area contributed by atoms with E-state index in [1.54, 1.807) is 0 Å². The Hall–Kier alpha value is -4.11. The average molecular weight is 1400 g/mol. The molecule has 0 saturated heterocycles. The van der Waals surface area contributed by atoms with Gasteiger partial charge in [0.05, 0.1) is 27.7 Å².